The van der Waals surface area contributed by atoms with Gasteiger partial charge in [-0.3, -0.25) is 0 Å². The zero-order valence-electron chi connectivity index (χ0n) is 15.9. The first-order valence-corrected chi connectivity index (χ1v) is 9.76. The average molecular weight is 372 g/mol. The third-order valence-electron chi connectivity index (χ3n) is 4.49. The molecular formula is C22H29NS2. The number of thiol groups is 2. The number of benzene rings is 2. The molecule has 0 saturated heterocycles. The smallest absolute Gasteiger partial charge is 0.0451 e. The molecule has 0 N–H and O–H groups in total. The molecule has 25 heavy (non-hydrogen) atoms. The first-order valence-electron chi connectivity index (χ1n) is 8.87. The molecule has 0 aliphatic rings. The van der Waals surface area contributed by atoms with Gasteiger partial charge in [-0.2, -0.15) is 0 Å². The van der Waals surface area contributed by atoms with Crippen LogP contribution in [0.15, 0.2) is 48.5 Å². The van der Waals surface area contributed by atoms with Crippen LogP contribution >= 0.6 is 25.3 Å². The predicted molar refractivity (Wildman–Crippen MR) is 120 cm³/mol. The van der Waals surface area contributed by atoms with E-state index >= 15 is 0 Å². The van der Waals surface area contributed by atoms with Crippen LogP contribution in [0.4, 0.5) is 5.69 Å². The van der Waals surface area contributed by atoms with Gasteiger partial charge in [0.15, 0.2) is 0 Å². The summed E-state index contributed by atoms with van der Waals surface area (Å²) < 4.78 is 0. The lowest BCUT2D eigenvalue weighted by molar-refractivity contribution is 0.590. The Bertz CT molecular complexity index is 738. The molecule has 2 aromatic carbocycles. The highest BCUT2D eigenvalue weighted by atomic mass is 32.1. The predicted octanol–water partition coefficient (Wildman–Crippen LogP) is 6.52. The van der Waals surface area contributed by atoms with Crippen molar-refractivity contribution in [2.75, 3.05) is 18.0 Å². The molecule has 0 fully saturated rings. The number of rotatable bonds is 5. The van der Waals surface area contributed by atoms with Crippen LogP contribution in [0.1, 0.15) is 51.3 Å². The monoisotopic (exact) mass is 371 g/mol. The summed E-state index contributed by atoms with van der Waals surface area (Å²) in [5, 5.41) is 0. The summed E-state index contributed by atoms with van der Waals surface area (Å²) in [4.78, 5) is 4.19. The molecule has 0 heterocycles. The normalized spacial score (nSPS) is 12.8. The molecule has 0 radical (unpaired) electrons. The summed E-state index contributed by atoms with van der Waals surface area (Å²) in [7, 11) is 0. The Morgan fingerprint density at radius 1 is 0.880 bits per heavy atom. The van der Waals surface area contributed by atoms with E-state index in [0.29, 0.717) is 0 Å². The fourth-order valence-corrected chi connectivity index (χ4v) is 3.47. The summed E-state index contributed by atoms with van der Waals surface area (Å²) in [6.07, 6.45) is 0. The van der Waals surface area contributed by atoms with Crippen molar-refractivity contribution in [3.8, 4) is 0 Å². The van der Waals surface area contributed by atoms with Gasteiger partial charge < -0.3 is 4.90 Å². The van der Waals surface area contributed by atoms with Gasteiger partial charge in [-0.25, -0.2) is 0 Å². The van der Waals surface area contributed by atoms with Crippen molar-refractivity contribution >= 4 is 40.8 Å². The summed E-state index contributed by atoms with van der Waals surface area (Å²) >= 11 is 9.68. The zero-order valence-corrected chi connectivity index (χ0v) is 17.7. The maximum Gasteiger partial charge on any atom is 0.0451 e. The first-order chi connectivity index (χ1) is 11.8. The number of hydrogen-bond acceptors (Lipinski definition) is 3. The minimum atomic E-state index is 0.0914. The Hall–Kier alpha value is -1.32. The van der Waals surface area contributed by atoms with Crippen LogP contribution in [-0.4, -0.2) is 13.1 Å². The lowest BCUT2D eigenvalue weighted by Crippen LogP contribution is -2.23. The molecule has 0 spiro atoms. The Balaban J connectivity index is 2.67. The van der Waals surface area contributed by atoms with E-state index in [-0.39, 0.29) is 5.41 Å². The number of nitrogens with zero attached hydrogens (tertiary/aromatic N) is 1. The van der Waals surface area contributed by atoms with Gasteiger partial charge in [0.1, 0.15) is 0 Å². The lowest BCUT2D eigenvalue weighted by Gasteiger charge is -2.28. The molecule has 3 heteroatoms. The molecule has 0 aliphatic heterocycles. The van der Waals surface area contributed by atoms with E-state index in [9.17, 15) is 0 Å². The molecule has 0 bridgehead atoms. The van der Waals surface area contributed by atoms with Crippen molar-refractivity contribution in [2.45, 2.75) is 40.0 Å². The molecule has 0 amide bonds. The van der Waals surface area contributed by atoms with Crippen molar-refractivity contribution < 1.29 is 0 Å². The van der Waals surface area contributed by atoms with E-state index in [0.717, 1.165) is 34.0 Å². The van der Waals surface area contributed by atoms with Gasteiger partial charge in [0.2, 0.25) is 0 Å². The van der Waals surface area contributed by atoms with E-state index in [1.165, 1.54) is 11.3 Å². The molecule has 134 valence electrons. The second kappa shape index (κ2) is 8.37. The van der Waals surface area contributed by atoms with Crippen molar-refractivity contribution in [1.29, 1.82) is 0 Å². The van der Waals surface area contributed by atoms with Gasteiger partial charge in [0, 0.05) is 34.2 Å². The standard InChI is InChI=1S/C22H29NS2/c1-6-23(7-2)19-14-13-17(22(3,4)5)15-18(19)21(25)20(24)16-11-9-8-10-12-16/h8-15,24-25H,6-7H2,1-5H3. The van der Waals surface area contributed by atoms with Crippen LogP contribution in [0.5, 0.6) is 0 Å². The highest BCUT2D eigenvalue weighted by Crippen LogP contribution is 2.39. The molecule has 2 aromatic rings. The van der Waals surface area contributed by atoms with Crippen molar-refractivity contribution in [2.24, 2.45) is 0 Å². The fraction of sp³-hybridized carbons (Fsp3) is 0.364. The summed E-state index contributed by atoms with van der Waals surface area (Å²) in [5.41, 5.74) is 4.84. The quantitative estimate of drug-likeness (QED) is 0.447. The maximum absolute atomic E-state index is 4.89. The second-order valence-corrected chi connectivity index (χ2v) is 8.11. The van der Waals surface area contributed by atoms with Gasteiger partial charge in [-0.15, -0.1) is 25.3 Å². The van der Waals surface area contributed by atoms with Gasteiger partial charge in [0.05, 0.1) is 0 Å². The van der Waals surface area contributed by atoms with Crippen LogP contribution in [0.25, 0.3) is 9.81 Å². The third-order valence-corrected chi connectivity index (χ3v) is 5.62. The van der Waals surface area contributed by atoms with Crippen LogP contribution in [-0.2, 0) is 5.41 Å². The Kier molecular flexibility index (Phi) is 6.70. The first kappa shape index (κ1) is 20.0. The molecule has 0 unspecified atom stereocenters. The van der Waals surface area contributed by atoms with E-state index < -0.39 is 0 Å². The van der Waals surface area contributed by atoms with Gasteiger partial charge in [-0.1, -0.05) is 57.2 Å². The van der Waals surface area contributed by atoms with Crippen LogP contribution in [0.3, 0.4) is 0 Å². The summed E-state index contributed by atoms with van der Waals surface area (Å²) in [6, 6.07) is 17.0. The second-order valence-electron chi connectivity index (χ2n) is 7.22. The fourth-order valence-electron chi connectivity index (χ4n) is 2.89. The van der Waals surface area contributed by atoms with Crippen molar-refractivity contribution in [3.63, 3.8) is 0 Å². The van der Waals surface area contributed by atoms with Crippen LogP contribution < -0.4 is 4.90 Å². The van der Waals surface area contributed by atoms with Gasteiger partial charge >= 0.3 is 0 Å². The van der Waals surface area contributed by atoms with E-state index in [1.54, 1.807) is 0 Å². The maximum atomic E-state index is 4.89. The molecule has 1 nitrogen and oxygen atoms in total. The highest BCUT2D eigenvalue weighted by molar-refractivity contribution is 7.96. The highest BCUT2D eigenvalue weighted by Gasteiger charge is 2.19. The van der Waals surface area contributed by atoms with E-state index in [4.69, 9.17) is 25.3 Å². The van der Waals surface area contributed by atoms with E-state index in [1.807, 2.05) is 18.2 Å². The van der Waals surface area contributed by atoms with Crippen LogP contribution in [0, 0.1) is 0 Å². The van der Waals surface area contributed by atoms with Gasteiger partial charge in [0.25, 0.3) is 0 Å². The summed E-state index contributed by atoms with van der Waals surface area (Å²) in [6.45, 7) is 13.0. The Labute approximate surface area is 164 Å². The Morgan fingerprint density at radius 3 is 2.00 bits per heavy atom. The lowest BCUT2D eigenvalue weighted by atomic mass is 9.85. The van der Waals surface area contributed by atoms with Crippen molar-refractivity contribution in [3.05, 3.63) is 65.2 Å². The molecule has 0 saturated carbocycles. The van der Waals surface area contributed by atoms with Crippen molar-refractivity contribution in [1.82, 2.24) is 0 Å². The average Bonchev–Trinajstić information content (AvgIpc) is 2.61. The topological polar surface area (TPSA) is 3.24 Å². The van der Waals surface area contributed by atoms with Gasteiger partial charge in [-0.05, 0) is 42.5 Å². The van der Waals surface area contributed by atoms with Crippen LogP contribution in [0.2, 0.25) is 0 Å². The molecule has 0 aromatic heterocycles. The summed E-state index contributed by atoms with van der Waals surface area (Å²) in [5.74, 6) is 0. The zero-order chi connectivity index (χ0) is 18.6. The Morgan fingerprint density at radius 2 is 1.48 bits per heavy atom. The molecule has 2 rings (SSSR count). The SMILES string of the molecule is CCN(CC)c1ccc(C(C)(C)C)cc1C(S)=C(S)c1ccccc1. The molecular weight excluding hydrogens is 342 g/mol. The largest absolute Gasteiger partial charge is 0.372 e. The molecule has 0 aliphatic carbocycles. The molecule has 0 atom stereocenters. The third kappa shape index (κ3) is 4.65. The van der Waals surface area contributed by atoms with E-state index in [2.05, 4.69) is 69.9 Å². The minimum Gasteiger partial charge on any atom is -0.372 e. The minimum absolute atomic E-state index is 0.0914. The number of anilines is 1. The number of hydrogen-bond donors (Lipinski definition) is 2.